The third-order valence-corrected chi connectivity index (χ3v) is 4.92. The number of allylic oxidation sites excluding steroid dienone is 1. The topological polar surface area (TPSA) is 83.4 Å². The molecule has 3 rings (SSSR count). The molecule has 0 aliphatic heterocycles. The molecule has 0 unspecified atom stereocenters. The molecule has 0 aliphatic rings. The Balaban J connectivity index is 1.94. The minimum atomic E-state index is 0.525. The van der Waals surface area contributed by atoms with Gasteiger partial charge in [-0.3, -0.25) is 0 Å². The van der Waals surface area contributed by atoms with Crippen molar-refractivity contribution in [2.75, 3.05) is 20.8 Å². The Bertz CT molecular complexity index is 866. The molecule has 0 saturated carbocycles. The van der Waals surface area contributed by atoms with Gasteiger partial charge in [-0.1, -0.05) is 11.2 Å². The standard InChI is InChI=1S/C20H23N3O3S/c1-24-16-11-14(12-17(13-16)25-2)10-15(6-3-4-8-21)20-22-19(23-26-20)18-7-5-9-27-18/h5,7,9-13H,3-4,6,8,21H2,1-2H3/b15-10+. The lowest BCUT2D eigenvalue weighted by Crippen LogP contribution is -1.98. The first kappa shape index (κ1) is 19.1. The highest BCUT2D eigenvalue weighted by Crippen LogP contribution is 2.29. The van der Waals surface area contributed by atoms with Crippen molar-refractivity contribution in [1.29, 1.82) is 0 Å². The number of rotatable bonds is 9. The molecule has 6 nitrogen and oxygen atoms in total. The minimum absolute atomic E-state index is 0.525. The first-order valence-corrected chi connectivity index (χ1v) is 9.63. The summed E-state index contributed by atoms with van der Waals surface area (Å²) in [7, 11) is 3.27. The maximum Gasteiger partial charge on any atom is 0.254 e. The molecule has 27 heavy (non-hydrogen) atoms. The first-order chi connectivity index (χ1) is 13.2. The zero-order valence-corrected chi connectivity index (χ0v) is 16.3. The Labute approximate surface area is 162 Å². The predicted molar refractivity (Wildman–Crippen MR) is 108 cm³/mol. The van der Waals surface area contributed by atoms with Crippen LogP contribution in [0, 0.1) is 0 Å². The lowest BCUT2D eigenvalue weighted by atomic mass is 10.0. The van der Waals surface area contributed by atoms with Gasteiger partial charge in [-0.05, 0) is 61.0 Å². The number of thiophene rings is 1. The SMILES string of the molecule is COc1cc(/C=C(\CCCCN)c2nc(-c3cccs3)no2)cc(OC)c1. The highest BCUT2D eigenvalue weighted by molar-refractivity contribution is 7.13. The molecule has 142 valence electrons. The van der Waals surface area contributed by atoms with Crippen molar-refractivity contribution in [3.05, 3.63) is 47.2 Å². The molecule has 0 amide bonds. The van der Waals surface area contributed by atoms with Crippen molar-refractivity contribution in [2.45, 2.75) is 19.3 Å². The molecule has 0 bridgehead atoms. The summed E-state index contributed by atoms with van der Waals surface area (Å²) in [6.45, 7) is 0.657. The van der Waals surface area contributed by atoms with Crippen LogP contribution in [0.4, 0.5) is 0 Å². The van der Waals surface area contributed by atoms with Crippen LogP contribution in [0.25, 0.3) is 22.4 Å². The highest BCUT2D eigenvalue weighted by atomic mass is 32.1. The summed E-state index contributed by atoms with van der Waals surface area (Å²) in [5.74, 6) is 2.59. The van der Waals surface area contributed by atoms with Crippen molar-refractivity contribution >= 4 is 23.0 Å². The fourth-order valence-corrected chi connectivity index (χ4v) is 3.32. The van der Waals surface area contributed by atoms with Crippen molar-refractivity contribution in [1.82, 2.24) is 10.1 Å². The van der Waals surface area contributed by atoms with Crippen molar-refractivity contribution in [2.24, 2.45) is 5.73 Å². The van der Waals surface area contributed by atoms with E-state index in [0.29, 0.717) is 18.3 Å². The average molecular weight is 385 g/mol. The Hall–Kier alpha value is -2.64. The summed E-state index contributed by atoms with van der Waals surface area (Å²) in [6.07, 6.45) is 4.71. The van der Waals surface area contributed by atoms with Crippen molar-refractivity contribution in [3.8, 4) is 22.2 Å². The van der Waals surface area contributed by atoms with Gasteiger partial charge in [0.15, 0.2) is 0 Å². The van der Waals surface area contributed by atoms with E-state index in [1.165, 1.54) is 0 Å². The molecule has 0 radical (unpaired) electrons. The van der Waals surface area contributed by atoms with Crippen LogP contribution < -0.4 is 15.2 Å². The van der Waals surface area contributed by atoms with Gasteiger partial charge in [-0.15, -0.1) is 11.3 Å². The smallest absolute Gasteiger partial charge is 0.254 e. The predicted octanol–water partition coefficient (Wildman–Crippen LogP) is 4.48. The molecule has 0 fully saturated rings. The Morgan fingerprint density at radius 2 is 1.96 bits per heavy atom. The van der Waals surface area contributed by atoms with Gasteiger partial charge >= 0.3 is 0 Å². The van der Waals surface area contributed by atoms with E-state index in [-0.39, 0.29) is 0 Å². The highest BCUT2D eigenvalue weighted by Gasteiger charge is 2.14. The monoisotopic (exact) mass is 385 g/mol. The second-order valence-corrected chi connectivity index (χ2v) is 6.91. The van der Waals surface area contributed by atoms with Gasteiger partial charge in [-0.25, -0.2) is 0 Å². The molecule has 0 atom stereocenters. The molecule has 1 aromatic carbocycles. The molecule has 2 aromatic heterocycles. The molecule has 3 aromatic rings. The zero-order chi connectivity index (χ0) is 19.1. The molecular weight excluding hydrogens is 362 g/mol. The number of hydrogen-bond donors (Lipinski definition) is 1. The Morgan fingerprint density at radius 1 is 1.19 bits per heavy atom. The largest absolute Gasteiger partial charge is 0.497 e. The van der Waals surface area contributed by atoms with Crippen molar-refractivity contribution in [3.63, 3.8) is 0 Å². The third-order valence-electron chi connectivity index (χ3n) is 4.06. The number of ether oxygens (including phenoxy) is 2. The number of nitrogens with zero attached hydrogens (tertiary/aromatic N) is 2. The number of methoxy groups -OCH3 is 2. The lowest BCUT2D eigenvalue weighted by molar-refractivity contribution is 0.394. The number of benzene rings is 1. The van der Waals surface area contributed by atoms with Crippen LogP contribution >= 0.6 is 11.3 Å². The van der Waals surface area contributed by atoms with Crippen molar-refractivity contribution < 1.29 is 14.0 Å². The summed E-state index contributed by atoms with van der Waals surface area (Å²) >= 11 is 1.58. The summed E-state index contributed by atoms with van der Waals surface area (Å²) < 4.78 is 16.3. The average Bonchev–Trinajstić information content (AvgIpc) is 3.38. The van der Waals surface area contributed by atoms with E-state index in [0.717, 1.165) is 46.8 Å². The van der Waals surface area contributed by atoms with Crippen LogP contribution in [-0.2, 0) is 0 Å². The Kier molecular flexibility index (Phi) is 6.62. The van der Waals surface area contributed by atoms with Gasteiger partial charge in [0.1, 0.15) is 11.5 Å². The number of hydrogen-bond acceptors (Lipinski definition) is 7. The van der Waals surface area contributed by atoms with E-state index in [4.69, 9.17) is 19.7 Å². The third kappa shape index (κ3) is 4.96. The first-order valence-electron chi connectivity index (χ1n) is 8.75. The quantitative estimate of drug-likeness (QED) is 0.547. The zero-order valence-electron chi connectivity index (χ0n) is 15.5. The maximum atomic E-state index is 5.65. The van der Waals surface area contributed by atoms with Gasteiger partial charge in [0, 0.05) is 11.6 Å². The molecule has 2 N–H and O–H groups in total. The molecule has 0 saturated heterocycles. The minimum Gasteiger partial charge on any atom is -0.497 e. The van der Waals surface area contributed by atoms with E-state index in [2.05, 4.69) is 10.1 Å². The molecule has 0 spiro atoms. The molecular formula is C20H23N3O3S. The van der Waals surface area contributed by atoms with Crippen LogP contribution in [0.5, 0.6) is 11.5 Å². The molecule has 7 heteroatoms. The number of nitrogens with two attached hydrogens (primary N) is 1. The fraction of sp³-hybridized carbons (Fsp3) is 0.300. The second kappa shape index (κ2) is 9.34. The number of unbranched alkanes of at least 4 members (excludes halogenated alkanes) is 1. The number of aromatic nitrogens is 2. The van der Waals surface area contributed by atoms with Gasteiger partial charge in [0.05, 0.1) is 19.1 Å². The Morgan fingerprint density at radius 3 is 2.59 bits per heavy atom. The van der Waals surface area contributed by atoms with E-state index in [1.54, 1.807) is 25.6 Å². The van der Waals surface area contributed by atoms with Gasteiger partial charge in [-0.2, -0.15) is 4.98 Å². The van der Waals surface area contributed by atoms with E-state index in [9.17, 15) is 0 Å². The van der Waals surface area contributed by atoms with Gasteiger partial charge in [0.2, 0.25) is 5.82 Å². The maximum absolute atomic E-state index is 5.65. The van der Waals surface area contributed by atoms with E-state index >= 15 is 0 Å². The lowest BCUT2D eigenvalue weighted by Gasteiger charge is -2.07. The van der Waals surface area contributed by atoms with Crippen LogP contribution in [0.15, 0.2) is 40.2 Å². The summed E-state index contributed by atoms with van der Waals surface area (Å²) in [5, 5.41) is 6.12. The van der Waals surface area contributed by atoms with E-state index in [1.807, 2.05) is 41.8 Å². The second-order valence-electron chi connectivity index (χ2n) is 5.96. The molecule has 0 aliphatic carbocycles. The van der Waals surface area contributed by atoms with Gasteiger partial charge < -0.3 is 19.7 Å². The summed E-state index contributed by atoms with van der Waals surface area (Å²) in [5.41, 5.74) is 7.56. The van der Waals surface area contributed by atoms with Crippen LogP contribution in [0.2, 0.25) is 0 Å². The summed E-state index contributed by atoms with van der Waals surface area (Å²) in [6, 6.07) is 9.68. The van der Waals surface area contributed by atoms with Crippen LogP contribution in [0.3, 0.4) is 0 Å². The normalized spacial score (nSPS) is 11.6. The molecule has 2 heterocycles. The van der Waals surface area contributed by atoms with Gasteiger partial charge in [0.25, 0.3) is 5.89 Å². The van der Waals surface area contributed by atoms with E-state index < -0.39 is 0 Å². The fourth-order valence-electron chi connectivity index (χ4n) is 2.67. The summed E-state index contributed by atoms with van der Waals surface area (Å²) in [4.78, 5) is 5.56. The van der Waals surface area contributed by atoms with Crippen LogP contribution in [-0.4, -0.2) is 30.9 Å². The van der Waals surface area contributed by atoms with Crippen LogP contribution in [0.1, 0.15) is 30.7 Å².